The molecule has 0 amide bonds. The van der Waals surface area contributed by atoms with Crippen LogP contribution >= 0.6 is 0 Å². The first-order valence-corrected chi connectivity index (χ1v) is 9.82. The number of nitrogens with two attached hydrogens (primary N) is 1. The molecule has 0 saturated heterocycles. The van der Waals surface area contributed by atoms with Crippen molar-refractivity contribution in [3.63, 3.8) is 0 Å². The van der Waals surface area contributed by atoms with Crippen LogP contribution < -0.4 is 10.5 Å². The van der Waals surface area contributed by atoms with Gasteiger partial charge in [0.25, 0.3) is 5.89 Å². The van der Waals surface area contributed by atoms with E-state index < -0.39 is 23.4 Å². The molecule has 1 aliphatic heterocycles. The smallest absolute Gasteiger partial charge is 0.422 e. The fraction of sp³-hybridized carbons (Fsp3) is 0.227. The van der Waals surface area contributed by atoms with Gasteiger partial charge in [-0.1, -0.05) is 59.7 Å². The van der Waals surface area contributed by atoms with Crippen LogP contribution in [0.3, 0.4) is 0 Å². The van der Waals surface area contributed by atoms with E-state index in [1.54, 1.807) is 30.3 Å². The van der Waals surface area contributed by atoms with Crippen LogP contribution in [-0.4, -0.2) is 27.9 Å². The number of ether oxygens (including phenoxy) is 1. The number of nitrogens with zero attached hydrogens (tertiary/aromatic N) is 3. The predicted molar refractivity (Wildman–Crippen MR) is 108 cm³/mol. The Hall–Kier alpha value is -3.66. The first-order chi connectivity index (χ1) is 15.3. The highest BCUT2D eigenvalue weighted by Gasteiger charge is 2.43. The van der Waals surface area contributed by atoms with E-state index in [0.717, 1.165) is 5.56 Å². The second-order valence-electron chi connectivity index (χ2n) is 7.54. The molecule has 32 heavy (non-hydrogen) atoms. The summed E-state index contributed by atoms with van der Waals surface area (Å²) >= 11 is 0. The molecule has 4 aromatic rings. The van der Waals surface area contributed by atoms with Crippen molar-refractivity contribution >= 4 is 0 Å². The molecule has 1 unspecified atom stereocenters. The predicted octanol–water partition coefficient (Wildman–Crippen LogP) is 4.90. The van der Waals surface area contributed by atoms with Crippen molar-refractivity contribution in [2.24, 2.45) is 5.73 Å². The van der Waals surface area contributed by atoms with Crippen molar-refractivity contribution in [1.82, 2.24) is 15.3 Å². The van der Waals surface area contributed by atoms with E-state index in [0.29, 0.717) is 17.9 Å². The molecule has 0 saturated carbocycles. The Morgan fingerprint density at radius 2 is 1.78 bits per heavy atom. The number of halogens is 3. The van der Waals surface area contributed by atoms with Crippen LogP contribution in [0.5, 0.6) is 5.75 Å². The zero-order chi connectivity index (χ0) is 22.5. The van der Waals surface area contributed by atoms with Gasteiger partial charge in [0, 0.05) is 23.1 Å². The van der Waals surface area contributed by atoms with E-state index in [2.05, 4.69) is 15.3 Å². The van der Waals surface area contributed by atoms with Crippen molar-refractivity contribution in [2.45, 2.75) is 25.1 Å². The van der Waals surface area contributed by atoms with Crippen LogP contribution in [0.2, 0.25) is 0 Å². The SMILES string of the molecule is CC1c2ccc(-c3noc(-c4onc(-c5ccccc5)c4C(F)(F)F)n3)cc2OC[C@H]1N. The average molecular weight is 442 g/mol. The van der Waals surface area contributed by atoms with Crippen LogP contribution in [0.1, 0.15) is 24.0 Å². The molecule has 7 nitrogen and oxygen atoms in total. The second-order valence-corrected chi connectivity index (χ2v) is 7.54. The fourth-order valence-corrected chi connectivity index (χ4v) is 3.66. The largest absolute Gasteiger partial charge is 0.492 e. The number of hydrogen-bond acceptors (Lipinski definition) is 7. The number of hydrogen-bond donors (Lipinski definition) is 1. The summed E-state index contributed by atoms with van der Waals surface area (Å²) in [7, 11) is 0. The highest BCUT2D eigenvalue weighted by atomic mass is 19.4. The molecule has 0 radical (unpaired) electrons. The molecule has 2 aromatic heterocycles. The number of rotatable bonds is 3. The Labute approximate surface area is 180 Å². The van der Waals surface area contributed by atoms with Crippen molar-refractivity contribution in [3.05, 3.63) is 59.7 Å². The van der Waals surface area contributed by atoms with Crippen LogP contribution in [0.15, 0.2) is 57.6 Å². The zero-order valence-electron chi connectivity index (χ0n) is 16.8. The molecule has 2 N–H and O–H groups in total. The molecule has 5 rings (SSSR count). The molecule has 2 aromatic carbocycles. The normalized spacial score (nSPS) is 18.3. The first-order valence-electron chi connectivity index (χ1n) is 9.82. The van der Waals surface area contributed by atoms with Gasteiger partial charge in [-0.3, -0.25) is 0 Å². The first kappa shape index (κ1) is 20.3. The molecule has 10 heteroatoms. The van der Waals surface area contributed by atoms with Gasteiger partial charge in [-0.25, -0.2) is 0 Å². The molecule has 164 valence electrons. The Morgan fingerprint density at radius 3 is 2.53 bits per heavy atom. The lowest BCUT2D eigenvalue weighted by Gasteiger charge is -2.28. The summed E-state index contributed by atoms with van der Waals surface area (Å²) in [5.41, 5.74) is 6.34. The average Bonchev–Trinajstić information content (AvgIpc) is 3.44. The Kier molecular flexibility index (Phi) is 4.74. The van der Waals surface area contributed by atoms with Gasteiger partial charge in [0.05, 0.1) is 0 Å². The molecule has 0 spiro atoms. The third-order valence-electron chi connectivity index (χ3n) is 5.48. The summed E-state index contributed by atoms with van der Waals surface area (Å²) in [4.78, 5) is 4.12. The standard InChI is InChI=1S/C22H17F3N4O3/c1-11-14-8-7-13(9-16(14)30-10-15(11)26)20-27-21(32-29-20)19-17(22(23,24)25)18(28-31-19)12-5-3-2-4-6-12/h2-9,11,15H,10,26H2,1H3/t11?,15-/m1/s1. The lowest BCUT2D eigenvalue weighted by atomic mass is 9.90. The van der Waals surface area contributed by atoms with Crippen LogP contribution in [0.25, 0.3) is 34.3 Å². The summed E-state index contributed by atoms with van der Waals surface area (Å²) in [6.07, 6.45) is -4.75. The Bertz CT molecular complexity index is 1270. The second kappa shape index (κ2) is 7.49. The molecule has 0 bridgehead atoms. The third kappa shape index (κ3) is 3.42. The molecule has 0 fully saturated rings. The fourth-order valence-electron chi connectivity index (χ4n) is 3.66. The zero-order valence-corrected chi connectivity index (χ0v) is 16.8. The van der Waals surface area contributed by atoms with Crippen LogP contribution in [0.4, 0.5) is 13.2 Å². The maximum Gasteiger partial charge on any atom is 0.422 e. The quantitative estimate of drug-likeness (QED) is 0.482. The molecule has 0 aliphatic carbocycles. The van der Waals surface area contributed by atoms with Gasteiger partial charge in [0.15, 0.2) is 0 Å². The highest BCUT2D eigenvalue weighted by Crippen LogP contribution is 2.43. The van der Waals surface area contributed by atoms with Gasteiger partial charge in [0.1, 0.15) is 23.6 Å². The van der Waals surface area contributed by atoms with Crippen LogP contribution in [-0.2, 0) is 6.18 Å². The van der Waals surface area contributed by atoms with Crippen LogP contribution in [0, 0.1) is 0 Å². The monoisotopic (exact) mass is 442 g/mol. The highest BCUT2D eigenvalue weighted by molar-refractivity contribution is 5.71. The Morgan fingerprint density at radius 1 is 1.00 bits per heavy atom. The lowest BCUT2D eigenvalue weighted by Crippen LogP contribution is -2.36. The molecular formula is C22H17F3N4O3. The molecule has 2 atom stereocenters. The van der Waals surface area contributed by atoms with E-state index in [1.807, 2.05) is 13.0 Å². The minimum absolute atomic E-state index is 0.0970. The summed E-state index contributed by atoms with van der Waals surface area (Å²) < 4.78 is 57.5. The maximum atomic E-state index is 13.9. The number of alkyl halides is 3. The summed E-state index contributed by atoms with van der Waals surface area (Å²) in [5, 5.41) is 7.46. The van der Waals surface area contributed by atoms with Crippen molar-refractivity contribution < 1.29 is 27.0 Å². The minimum atomic E-state index is -4.75. The van der Waals surface area contributed by atoms with Gasteiger partial charge >= 0.3 is 6.18 Å². The Balaban J connectivity index is 1.54. The van der Waals surface area contributed by atoms with E-state index in [1.165, 1.54) is 12.1 Å². The number of benzene rings is 2. The minimum Gasteiger partial charge on any atom is -0.492 e. The van der Waals surface area contributed by atoms with Crippen molar-refractivity contribution in [3.8, 4) is 40.0 Å². The molecular weight excluding hydrogens is 425 g/mol. The summed E-state index contributed by atoms with van der Waals surface area (Å²) in [5.74, 6) is -0.224. The molecule has 1 aliphatic rings. The number of aromatic nitrogens is 3. The van der Waals surface area contributed by atoms with Crippen molar-refractivity contribution in [1.29, 1.82) is 0 Å². The van der Waals surface area contributed by atoms with Crippen molar-refractivity contribution in [2.75, 3.05) is 6.61 Å². The summed E-state index contributed by atoms with van der Waals surface area (Å²) in [6.45, 7) is 2.37. The molecule has 3 heterocycles. The van der Waals surface area contributed by atoms with Gasteiger partial charge in [0.2, 0.25) is 11.6 Å². The van der Waals surface area contributed by atoms with E-state index in [-0.39, 0.29) is 29.0 Å². The van der Waals surface area contributed by atoms with E-state index in [4.69, 9.17) is 19.5 Å². The third-order valence-corrected chi connectivity index (χ3v) is 5.48. The van der Waals surface area contributed by atoms with Gasteiger partial charge in [-0.15, -0.1) is 0 Å². The van der Waals surface area contributed by atoms with Gasteiger partial charge < -0.3 is 19.5 Å². The van der Waals surface area contributed by atoms with E-state index in [9.17, 15) is 13.2 Å². The van der Waals surface area contributed by atoms with Gasteiger partial charge in [-0.2, -0.15) is 18.2 Å². The summed E-state index contributed by atoms with van der Waals surface area (Å²) in [6, 6.07) is 13.1. The van der Waals surface area contributed by atoms with Gasteiger partial charge in [-0.05, 0) is 11.6 Å². The lowest BCUT2D eigenvalue weighted by molar-refractivity contribution is -0.136. The van der Waals surface area contributed by atoms with E-state index >= 15 is 0 Å². The maximum absolute atomic E-state index is 13.9. The number of fused-ring (bicyclic) bond motifs is 1. The topological polar surface area (TPSA) is 100 Å².